The number of fused-ring (bicyclic) bond motifs is 2. The number of furan rings is 1. The van der Waals surface area contributed by atoms with Crippen molar-refractivity contribution in [2.45, 2.75) is 12.8 Å². The number of carbonyl (C=O) groups is 1. The van der Waals surface area contributed by atoms with Gasteiger partial charge in [-0.3, -0.25) is 4.79 Å². The lowest BCUT2D eigenvalue weighted by Gasteiger charge is -2.09. The molecule has 0 saturated heterocycles. The van der Waals surface area contributed by atoms with Crippen LogP contribution < -0.4 is 10.6 Å². The zero-order chi connectivity index (χ0) is 18.3. The molecule has 2 heterocycles. The summed E-state index contributed by atoms with van der Waals surface area (Å²) in [4.78, 5) is 12.6. The topological polar surface area (TPSA) is 54.3 Å². The van der Waals surface area contributed by atoms with Crippen LogP contribution >= 0.6 is 0 Å². The molecule has 0 aliphatic carbocycles. The zero-order valence-corrected chi connectivity index (χ0v) is 14.5. The van der Waals surface area contributed by atoms with Gasteiger partial charge in [0.2, 0.25) is 0 Å². The molecule has 132 valence electrons. The minimum Gasteiger partial charge on any atom is -0.455 e. The number of rotatable bonds is 2. The van der Waals surface area contributed by atoms with Gasteiger partial charge in [0.1, 0.15) is 17.2 Å². The molecule has 0 saturated carbocycles. The van der Waals surface area contributed by atoms with Gasteiger partial charge in [0.05, 0.1) is 5.56 Å². The van der Waals surface area contributed by atoms with Crippen LogP contribution in [0.2, 0.25) is 0 Å². The molecular formula is C21H19FN2O2. The van der Waals surface area contributed by atoms with Crippen molar-refractivity contribution in [2.24, 2.45) is 0 Å². The molecule has 0 atom stereocenters. The van der Waals surface area contributed by atoms with Gasteiger partial charge >= 0.3 is 0 Å². The number of nitrogens with one attached hydrogen (secondary N) is 2. The van der Waals surface area contributed by atoms with Gasteiger partial charge in [-0.05, 0) is 48.7 Å². The first-order valence-electron chi connectivity index (χ1n) is 8.59. The third-order valence-corrected chi connectivity index (χ3v) is 4.74. The molecule has 2 N–H and O–H groups in total. The maximum Gasteiger partial charge on any atom is 0.255 e. The van der Waals surface area contributed by atoms with Crippen LogP contribution in [0, 0.1) is 5.82 Å². The van der Waals surface area contributed by atoms with Crippen LogP contribution in [-0.2, 0) is 0 Å². The second kappa shape index (κ2) is 6.33. The number of halogens is 1. The van der Waals surface area contributed by atoms with Gasteiger partial charge in [0, 0.05) is 41.9 Å². The van der Waals surface area contributed by atoms with E-state index < -0.39 is 0 Å². The zero-order valence-electron chi connectivity index (χ0n) is 14.5. The first kappa shape index (κ1) is 16.4. The van der Waals surface area contributed by atoms with E-state index in [9.17, 15) is 9.18 Å². The van der Waals surface area contributed by atoms with Gasteiger partial charge in [-0.25, -0.2) is 4.39 Å². The van der Waals surface area contributed by atoms with Crippen molar-refractivity contribution >= 4 is 28.1 Å². The molecule has 0 unspecified atom stereocenters. The Morgan fingerprint density at radius 1 is 1.27 bits per heavy atom. The van der Waals surface area contributed by atoms with Gasteiger partial charge in [-0.1, -0.05) is 6.58 Å². The SMILES string of the molecule is C=C1CCCNc2cc3oc(-c4ccc(F)cc4)c(C(=O)NC)c3cc21. The summed E-state index contributed by atoms with van der Waals surface area (Å²) in [6.45, 7) is 5.05. The summed E-state index contributed by atoms with van der Waals surface area (Å²) in [5, 5.41) is 6.80. The number of hydrogen-bond donors (Lipinski definition) is 2. The first-order chi connectivity index (χ1) is 12.6. The summed E-state index contributed by atoms with van der Waals surface area (Å²) in [6.07, 6.45) is 1.92. The van der Waals surface area contributed by atoms with Gasteiger partial charge < -0.3 is 15.1 Å². The van der Waals surface area contributed by atoms with Crippen LogP contribution in [-0.4, -0.2) is 19.5 Å². The average Bonchev–Trinajstić information content (AvgIpc) is 2.92. The van der Waals surface area contributed by atoms with E-state index >= 15 is 0 Å². The fraction of sp³-hybridized carbons (Fsp3) is 0.190. The molecule has 26 heavy (non-hydrogen) atoms. The third kappa shape index (κ3) is 2.65. The molecule has 0 radical (unpaired) electrons. The monoisotopic (exact) mass is 350 g/mol. The standard InChI is InChI=1S/C21H19FN2O2/c1-12-4-3-9-24-17-11-18-16(10-15(12)17)19(21(25)23-2)20(26-18)13-5-7-14(22)8-6-13/h5-8,10-11,24H,1,3-4,9H2,2H3,(H,23,25). The van der Waals surface area contributed by atoms with Crippen molar-refractivity contribution < 1.29 is 13.6 Å². The lowest BCUT2D eigenvalue weighted by Crippen LogP contribution is -2.18. The Hall–Kier alpha value is -3.08. The van der Waals surface area contributed by atoms with E-state index in [1.165, 1.54) is 12.1 Å². The van der Waals surface area contributed by atoms with Gasteiger partial charge in [0.15, 0.2) is 0 Å². The highest BCUT2D eigenvalue weighted by Crippen LogP contribution is 2.39. The summed E-state index contributed by atoms with van der Waals surface area (Å²) < 4.78 is 19.3. The van der Waals surface area contributed by atoms with Crippen molar-refractivity contribution in [2.75, 3.05) is 18.9 Å². The summed E-state index contributed by atoms with van der Waals surface area (Å²) >= 11 is 0. The second-order valence-electron chi connectivity index (χ2n) is 6.42. The van der Waals surface area contributed by atoms with Crippen molar-refractivity contribution in [1.29, 1.82) is 0 Å². The smallest absolute Gasteiger partial charge is 0.255 e. The van der Waals surface area contributed by atoms with E-state index in [4.69, 9.17) is 4.42 Å². The fourth-order valence-electron chi connectivity index (χ4n) is 3.40. The van der Waals surface area contributed by atoms with E-state index in [0.717, 1.165) is 41.6 Å². The number of allylic oxidation sites excluding steroid dienone is 1. The fourth-order valence-corrected chi connectivity index (χ4v) is 3.40. The molecule has 1 aliphatic rings. The molecule has 1 amide bonds. The van der Waals surface area contributed by atoms with Crippen LogP contribution in [0.4, 0.5) is 10.1 Å². The summed E-state index contributed by atoms with van der Waals surface area (Å²) in [5.41, 5.74) is 4.73. The highest BCUT2D eigenvalue weighted by Gasteiger charge is 2.24. The number of carbonyl (C=O) groups excluding carboxylic acids is 1. The summed E-state index contributed by atoms with van der Waals surface area (Å²) in [5.74, 6) is -0.140. The predicted molar refractivity (Wildman–Crippen MR) is 102 cm³/mol. The largest absolute Gasteiger partial charge is 0.455 e. The van der Waals surface area contributed by atoms with E-state index in [0.29, 0.717) is 22.5 Å². The van der Waals surface area contributed by atoms with E-state index in [2.05, 4.69) is 17.2 Å². The van der Waals surface area contributed by atoms with E-state index in [1.807, 2.05) is 12.1 Å². The Kier molecular flexibility index (Phi) is 3.99. The van der Waals surface area contributed by atoms with Crippen LogP contribution in [0.3, 0.4) is 0 Å². The van der Waals surface area contributed by atoms with Crippen LogP contribution in [0.25, 0.3) is 27.9 Å². The van der Waals surface area contributed by atoms with Crippen LogP contribution in [0.1, 0.15) is 28.8 Å². The lowest BCUT2D eigenvalue weighted by atomic mass is 9.98. The molecule has 0 bridgehead atoms. The molecule has 2 aromatic carbocycles. The molecular weight excluding hydrogens is 331 g/mol. The third-order valence-electron chi connectivity index (χ3n) is 4.74. The number of benzene rings is 2. The minimum absolute atomic E-state index is 0.241. The number of amides is 1. The van der Waals surface area contributed by atoms with Crippen molar-refractivity contribution in [3.05, 3.63) is 59.9 Å². The molecule has 0 fully saturated rings. The molecule has 3 aromatic rings. The quantitative estimate of drug-likeness (QED) is 0.697. The summed E-state index contributed by atoms with van der Waals surface area (Å²) in [7, 11) is 1.58. The Morgan fingerprint density at radius 2 is 2.04 bits per heavy atom. The predicted octanol–water partition coefficient (Wildman–Crippen LogP) is 4.82. The number of anilines is 1. The highest BCUT2D eigenvalue weighted by atomic mass is 19.1. The van der Waals surface area contributed by atoms with Crippen molar-refractivity contribution in [3.63, 3.8) is 0 Å². The molecule has 4 rings (SSSR count). The Labute approximate surface area is 150 Å². The van der Waals surface area contributed by atoms with E-state index in [-0.39, 0.29) is 11.7 Å². The van der Waals surface area contributed by atoms with Crippen molar-refractivity contribution in [3.8, 4) is 11.3 Å². The van der Waals surface area contributed by atoms with E-state index in [1.54, 1.807) is 19.2 Å². The van der Waals surface area contributed by atoms with Gasteiger partial charge in [-0.2, -0.15) is 0 Å². The van der Waals surface area contributed by atoms with Crippen molar-refractivity contribution in [1.82, 2.24) is 5.32 Å². The first-order valence-corrected chi connectivity index (χ1v) is 8.59. The Morgan fingerprint density at radius 3 is 2.77 bits per heavy atom. The Balaban J connectivity index is 1.99. The normalized spacial score (nSPS) is 13.8. The van der Waals surface area contributed by atoms with Crippen LogP contribution in [0.5, 0.6) is 0 Å². The minimum atomic E-state index is -0.335. The molecule has 0 spiro atoms. The van der Waals surface area contributed by atoms with Gasteiger partial charge in [-0.15, -0.1) is 0 Å². The highest BCUT2D eigenvalue weighted by molar-refractivity contribution is 6.12. The number of hydrogen-bond acceptors (Lipinski definition) is 3. The molecule has 1 aliphatic heterocycles. The molecule has 5 heteroatoms. The molecule has 1 aromatic heterocycles. The maximum absolute atomic E-state index is 13.3. The second-order valence-corrected chi connectivity index (χ2v) is 6.42. The maximum atomic E-state index is 13.3. The summed E-state index contributed by atoms with van der Waals surface area (Å²) in [6, 6.07) is 9.82. The lowest BCUT2D eigenvalue weighted by molar-refractivity contribution is 0.0964. The molecule has 4 nitrogen and oxygen atoms in total. The van der Waals surface area contributed by atoms with Crippen LogP contribution in [0.15, 0.2) is 47.4 Å². The average molecular weight is 350 g/mol. The van der Waals surface area contributed by atoms with Gasteiger partial charge in [0.25, 0.3) is 5.91 Å². The Bertz CT molecular complexity index is 1020.